The fourth-order valence-corrected chi connectivity index (χ4v) is 2.03. The zero-order valence-electron chi connectivity index (χ0n) is 13.3. The van der Waals surface area contributed by atoms with Crippen LogP contribution in [0.2, 0.25) is 5.15 Å². The number of benzene rings is 1. The third-order valence-corrected chi connectivity index (χ3v) is 3.47. The Morgan fingerprint density at radius 2 is 1.88 bits per heavy atom. The van der Waals surface area contributed by atoms with Crippen molar-refractivity contribution in [2.24, 2.45) is 0 Å². The summed E-state index contributed by atoms with van der Waals surface area (Å²) in [4.78, 5) is 26.7. The number of halogens is 1. The fourth-order valence-electron chi connectivity index (χ4n) is 1.92. The molecule has 0 amide bonds. The molecule has 0 aliphatic heterocycles. The molecule has 0 spiro atoms. The monoisotopic (exact) mass is 347 g/mol. The number of hydrogen-bond acceptors (Lipinski definition) is 5. The highest BCUT2D eigenvalue weighted by molar-refractivity contribution is 6.29. The van der Waals surface area contributed by atoms with E-state index in [0.717, 1.165) is 5.56 Å². The minimum absolute atomic E-state index is 0.0141. The maximum absolute atomic E-state index is 11.7. The SMILES string of the molecule is CC(=O)c1ccc(OCCCC(=O)OCc2ccc(Cl)nc2)cc1. The molecule has 0 bridgehead atoms. The molecule has 0 atom stereocenters. The van der Waals surface area contributed by atoms with Crippen LogP contribution in [0.1, 0.15) is 35.7 Å². The third kappa shape index (κ3) is 6.01. The quantitative estimate of drug-likeness (QED) is 0.314. The average Bonchev–Trinajstić information content (AvgIpc) is 2.58. The molecule has 0 saturated carbocycles. The lowest BCUT2D eigenvalue weighted by molar-refractivity contribution is -0.145. The van der Waals surface area contributed by atoms with E-state index in [4.69, 9.17) is 21.1 Å². The Balaban J connectivity index is 1.63. The molecule has 2 aromatic rings. The summed E-state index contributed by atoms with van der Waals surface area (Å²) in [6, 6.07) is 10.3. The second-order valence-electron chi connectivity index (χ2n) is 5.18. The number of carbonyl (C=O) groups excluding carboxylic acids is 2. The smallest absolute Gasteiger partial charge is 0.306 e. The summed E-state index contributed by atoms with van der Waals surface area (Å²) in [5.74, 6) is 0.390. The summed E-state index contributed by atoms with van der Waals surface area (Å²) >= 11 is 5.68. The van der Waals surface area contributed by atoms with Crippen LogP contribution < -0.4 is 4.74 Å². The van der Waals surface area contributed by atoms with Crippen molar-refractivity contribution in [2.45, 2.75) is 26.4 Å². The van der Waals surface area contributed by atoms with Gasteiger partial charge in [-0.1, -0.05) is 17.7 Å². The average molecular weight is 348 g/mol. The second-order valence-corrected chi connectivity index (χ2v) is 5.57. The van der Waals surface area contributed by atoms with Gasteiger partial charge < -0.3 is 9.47 Å². The Morgan fingerprint density at radius 3 is 2.50 bits per heavy atom. The van der Waals surface area contributed by atoms with E-state index in [0.29, 0.717) is 29.5 Å². The lowest BCUT2D eigenvalue weighted by Crippen LogP contribution is -2.07. The summed E-state index contributed by atoms with van der Waals surface area (Å²) in [5.41, 5.74) is 1.43. The van der Waals surface area contributed by atoms with Crippen LogP contribution >= 0.6 is 11.6 Å². The maximum Gasteiger partial charge on any atom is 0.306 e. The van der Waals surface area contributed by atoms with Gasteiger partial charge in [-0.05, 0) is 43.7 Å². The molecule has 1 aromatic carbocycles. The maximum atomic E-state index is 11.7. The molecule has 5 nitrogen and oxygen atoms in total. The predicted molar refractivity (Wildman–Crippen MR) is 90.2 cm³/mol. The van der Waals surface area contributed by atoms with Gasteiger partial charge in [0.15, 0.2) is 5.78 Å². The van der Waals surface area contributed by atoms with Gasteiger partial charge in [0.05, 0.1) is 6.61 Å². The van der Waals surface area contributed by atoms with Crippen LogP contribution in [-0.4, -0.2) is 23.3 Å². The highest BCUT2D eigenvalue weighted by atomic mass is 35.5. The van der Waals surface area contributed by atoms with Gasteiger partial charge in [-0.25, -0.2) is 4.98 Å². The van der Waals surface area contributed by atoms with E-state index in [1.165, 1.54) is 6.92 Å². The molecule has 1 heterocycles. The molecular formula is C18H18ClNO4. The zero-order chi connectivity index (χ0) is 17.4. The Bertz CT molecular complexity index is 683. The summed E-state index contributed by atoms with van der Waals surface area (Å²) in [7, 11) is 0. The predicted octanol–water partition coefficient (Wildman–Crippen LogP) is 3.84. The molecule has 126 valence electrons. The van der Waals surface area contributed by atoms with Crippen molar-refractivity contribution in [1.82, 2.24) is 4.98 Å². The van der Waals surface area contributed by atoms with Crippen LogP contribution in [0.4, 0.5) is 0 Å². The van der Waals surface area contributed by atoms with Gasteiger partial charge in [0.2, 0.25) is 0 Å². The number of rotatable bonds is 8. The molecule has 24 heavy (non-hydrogen) atoms. The van der Waals surface area contributed by atoms with Crippen LogP contribution in [0.5, 0.6) is 5.75 Å². The van der Waals surface area contributed by atoms with Gasteiger partial charge in [0.1, 0.15) is 17.5 Å². The number of aromatic nitrogens is 1. The molecule has 1 aromatic heterocycles. The first-order valence-corrected chi connectivity index (χ1v) is 7.92. The van der Waals surface area contributed by atoms with E-state index in [1.807, 2.05) is 0 Å². The molecule has 0 N–H and O–H groups in total. The molecule has 0 aliphatic carbocycles. The molecule has 0 radical (unpaired) electrons. The number of ketones is 1. The van der Waals surface area contributed by atoms with Crippen molar-refractivity contribution in [3.8, 4) is 5.75 Å². The largest absolute Gasteiger partial charge is 0.494 e. The van der Waals surface area contributed by atoms with E-state index in [9.17, 15) is 9.59 Å². The highest BCUT2D eigenvalue weighted by Gasteiger charge is 2.05. The van der Waals surface area contributed by atoms with Gasteiger partial charge in [0.25, 0.3) is 0 Å². The van der Waals surface area contributed by atoms with E-state index in [1.54, 1.807) is 42.6 Å². The standard InChI is InChI=1S/C18H18ClNO4/c1-13(21)15-5-7-16(8-6-15)23-10-2-3-18(22)24-12-14-4-9-17(19)20-11-14/h4-9,11H,2-3,10,12H2,1H3. The van der Waals surface area contributed by atoms with Crippen molar-refractivity contribution in [2.75, 3.05) is 6.61 Å². The van der Waals surface area contributed by atoms with Gasteiger partial charge in [-0.2, -0.15) is 0 Å². The van der Waals surface area contributed by atoms with Crippen LogP contribution in [0, 0.1) is 0 Å². The Labute approximate surface area is 145 Å². The van der Waals surface area contributed by atoms with Crippen molar-refractivity contribution in [3.05, 3.63) is 58.9 Å². The number of nitrogens with zero attached hydrogens (tertiary/aromatic N) is 1. The molecule has 2 rings (SSSR count). The Kier molecular flexibility index (Phi) is 6.75. The van der Waals surface area contributed by atoms with Crippen LogP contribution in [0.3, 0.4) is 0 Å². The van der Waals surface area contributed by atoms with Gasteiger partial charge in [-0.3, -0.25) is 9.59 Å². The Hall–Kier alpha value is -2.40. The summed E-state index contributed by atoms with van der Waals surface area (Å²) in [6.07, 6.45) is 2.39. The van der Waals surface area contributed by atoms with E-state index in [-0.39, 0.29) is 24.8 Å². The van der Waals surface area contributed by atoms with Crippen molar-refractivity contribution < 1.29 is 19.1 Å². The first kappa shape index (κ1) is 17.9. The van der Waals surface area contributed by atoms with E-state index >= 15 is 0 Å². The van der Waals surface area contributed by atoms with Crippen LogP contribution in [0.15, 0.2) is 42.6 Å². The summed E-state index contributed by atoms with van der Waals surface area (Å²) < 4.78 is 10.7. The topological polar surface area (TPSA) is 65.5 Å². The van der Waals surface area contributed by atoms with Crippen LogP contribution in [0.25, 0.3) is 0 Å². The molecule has 6 heteroatoms. The molecule has 0 saturated heterocycles. The first-order chi connectivity index (χ1) is 11.5. The number of esters is 1. The number of pyridine rings is 1. The summed E-state index contributed by atoms with van der Waals surface area (Å²) in [5, 5.41) is 0.401. The third-order valence-electron chi connectivity index (χ3n) is 3.24. The summed E-state index contributed by atoms with van der Waals surface area (Å²) in [6.45, 7) is 2.09. The van der Waals surface area contributed by atoms with Gasteiger partial charge in [-0.15, -0.1) is 0 Å². The normalized spacial score (nSPS) is 10.2. The number of hydrogen-bond donors (Lipinski definition) is 0. The van der Waals surface area contributed by atoms with Gasteiger partial charge in [0, 0.05) is 23.7 Å². The molecule has 0 unspecified atom stereocenters. The zero-order valence-corrected chi connectivity index (χ0v) is 14.1. The fraction of sp³-hybridized carbons (Fsp3) is 0.278. The van der Waals surface area contributed by atoms with E-state index < -0.39 is 0 Å². The molecule has 0 aliphatic rings. The van der Waals surface area contributed by atoms with Crippen molar-refractivity contribution >= 4 is 23.4 Å². The van der Waals surface area contributed by atoms with Crippen LogP contribution in [-0.2, 0) is 16.1 Å². The first-order valence-electron chi connectivity index (χ1n) is 7.54. The lowest BCUT2D eigenvalue weighted by atomic mass is 10.1. The van der Waals surface area contributed by atoms with Gasteiger partial charge >= 0.3 is 5.97 Å². The molecular weight excluding hydrogens is 330 g/mol. The lowest BCUT2D eigenvalue weighted by Gasteiger charge is -2.07. The minimum Gasteiger partial charge on any atom is -0.494 e. The number of carbonyl (C=O) groups is 2. The Morgan fingerprint density at radius 1 is 1.12 bits per heavy atom. The number of Topliss-reactive ketones (excluding diaryl/α,β-unsaturated/α-hetero) is 1. The molecule has 0 fully saturated rings. The van der Waals surface area contributed by atoms with Crippen molar-refractivity contribution in [1.29, 1.82) is 0 Å². The van der Waals surface area contributed by atoms with Crippen molar-refractivity contribution in [3.63, 3.8) is 0 Å². The van der Waals surface area contributed by atoms with E-state index in [2.05, 4.69) is 4.98 Å². The second kappa shape index (κ2) is 9.03. The minimum atomic E-state index is -0.291. The highest BCUT2D eigenvalue weighted by Crippen LogP contribution is 2.13. The number of ether oxygens (including phenoxy) is 2.